The van der Waals surface area contributed by atoms with Crippen LogP contribution in [0.1, 0.15) is 148 Å². The lowest BCUT2D eigenvalue weighted by Crippen LogP contribution is -2.23. The van der Waals surface area contributed by atoms with E-state index in [1.807, 2.05) is 0 Å². The lowest BCUT2D eigenvalue weighted by molar-refractivity contribution is 0.219. The molecule has 0 atom stereocenters. The highest BCUT2D eigenvalue weighted by molar-refractivity contribution is 4.53. The van der Waals surface area contributed by atoms with E-state index in [1.54, 1.807) is 0 Å². The molecule has 0 unspecified atom stereocenters. The van der Waals surface area contributed by atoms with Gasteiger partial charge < -0.3 is 10.0 Å². The van der Waals surface area contributed by atoms with Gasteiger partial charge in [-0.1, -0.05) is 142 Å². The molecular formula is C27H57NO. The van der Waals surface area contributed by atoms with Crippen molar-refractivity contribution in [1.82, 2.24) is 4.90 Å². The van der Waals surface area contributed by atoms with Crippen LogP contribution in [0.2, 0.25) is 0 Å². The SMILES string of the molecule is CCCCCCCCCCCCCCCCCCCCCCCCN(C)CCO. The van der Waals surface area contributed by atoms with Gasteiger partial charge in [-0.05, 0) is 20.0 Å². The Bertz CT molecular complexity index is 282. The first-order chi connectivity index (χ1) is 14.3. The molecule has 2 heteroatoms. The summed E-state index contributed by atoms with van der Waals surface area (Å²) < 4.78 is 0. The number of aliphatic hydroxyl groups excluding tert-OH is 1. The smallest absolute Gasteiger partial charge is 0.0558 e. The molecule has 0 aliphatic carbocycles. The van der Waals surface area contributed by atoms with Crippen LogP contribution in [-0.2, 0) is 0 Å². The number of hydrogen-bond acceptors (Lipinski definition) is 2. The average Bonchev–Trinajstić information content (AvgIpc) is 2.72. The maximum Gasteiger partial charge on any atom is 0.0558 e. The first-order valence-electron chi connectivity index (χ1n) is 13.6. The molecular weight excluding hydrogens is 354 g/mol. The van der Waals surface area contributed by atoms with Crippen molar-refractivity contribution in [3.05, 3.63) is 0 Å². The van der Waals surface area contributed by atoms with Gasteiger partial charge in [-0.25, -0.2) is 0 Å². The molecule has 0 radical (unpaired) electrons. The molecule has 29 heavy (non-hydrogen) atoms. The molecule has 0 aromatic heterocycles. The average molecular weight is 412 g/mol. The Balaban J connectivity index is 3.02. The molecule has 0 aliphatic heterocycles. The van der Waals surface area contributed by atoms with Gasteiger partial charge in [0.25, 0.3) is 0 Å². The summed E-state index contributed by atoms with van der Waals surface area (Å²) in [5, 5.41) is 8.87. The fourth-order valence-corrected chi connectivity index (χ4v) is 4.27. The van der Waals surface area contributed by atoms with Gasteiger partial charge in [0.05, 0.1) is 6.61 Å². The maximum absolute atomic E-state index is 8.87. The van der Waals surface area contributed by atoms with Gasteiger partial charge in [0.2, 0.25) is 0 Å². The van der Waals surface area contributed by atoms with Gasteiger partial charge >= 0.3 is 0 Å². The van der Waals surface area contributed by atoms with Crippen LogP contribution < -0.4 is 0 Å². The van der Waals surface area contributed by atoms with Crippen molar-refractivity contribution >= 4 is 0 Å². The van der Waals surface area contributed by atoms with Gasteiger partial charge in [-0.2, -0.15) is 0 Å². The second kappa shape index (κ2) is 26.0. The Kier molecular flexibility index (Phi) is 25.9. The fourth-order valence-electron chi connectivity index (χ4n) is 4.27. The normalized spacial score (nSPS) is 11.6. The van der Waals surface area contributed by atoms with Crippen molar-refractivity contribution in [1.29, 1.82) is 0 Å². The molecule has 0 aromatic carbocycles. The Morgan fingerprint density at radius 2 is 0.690 bits per heavy atom. The van der Waals surface area contributed by atoms with E-state index < -0.39 is 0 Å². The first-order valence-corrected chi connectivity index (χ1v) is 13.6. The van der Waals surface area contributed by atoms with Crippen molar-refractivity contribution in [2.75, 3.05) is 26.7 Å². The standard InChI is InChI=1S/C27H57NO/c1-3-4-5-6-7-8-9-10-11-12-13-14-15-16-17-18-19-20-21-22-23-24-25-28(2)26-27-29/h29H,3-27H2,1-2H3. The third-order valence-electron chi connectivity index (χ3n) is 6.38. The molecule has 176 valence electrons. The van der Waals surface area contributed by atoms with E-state index in [4.69, 9.17) is 5.11 Å². The lowest BCUT2D eigenvalue weighted by Gasteiger charge is -2.14. The summed E-state index contributed by atoms with van der Waals surface area (Å²) >= 11 is 0. The highest BCUT2D eigenvalue weighted by Crippen LogP contribution is 2.15. The fraction of sp³-hybridized carbons (Fsp3) is 1.00. The molecule has 0 saturated heterocycles. The third kappa shape index (κ3) is 25.9. The third-order valence-corrected chi connectivity index (χ3v) is 6.38. The highest BCUT2D eigenvalue weighted by Gasteiger charge is 1.98. The summed E-state index contributed by atoms with van der Waals surface area (Å²) in [5.74, 6) is 0. The Labute approximate surface area is 185 Å². The van der Waals surface area contributed by atoms with Crippen LogP contribution in [0.5, 0.6) is 0 Å². The van der Waals surface area contributed by atoms with Crippen LogP contribution in [0.4, 0.5) is 0 Å². The zero-order chi connectivity index (χ0) is 21.3. The van der Waals surface area contributed by atoms with Gasteiger partial charge in [-0.15, -0.1) is 0 Å². The van der Waals surface area contributed by atoms with Gasteiger partial charge in [0.1, 0.15) is 0 Å². The number of nitrogens with zero attached hydrogens (tertiary/aromatic N) is 1. The Morgan fingerprint density at radius 3 is 0.966 bits per heavy atom. The number of unbranched alkanes of at least 4 members (excludes halogenated alkanes) is 21. The first kappa shape index (κ1) is 28.9. The predicted octanol–water partition coefficient (Wildman–Crippen LogP) is 8.51. The number of rotatable bonds is 25. The minimum Gasteiger partial charge on any atom is -0.395 e. The Hall–Kier alpha value is -0.0800. The van der Waals surface area contributed by atoms with Crippen LogP contribution in [0.25, 0.3) is 0 Å². The van der Waals surface area contributed by atoms with Crippen molar-refractivity contribution in [2.24, 2.45) is 0 Å². The van der Waals surface area contributed by atoms with E-state index >= 15 is 0 Å². The summed E-state index contributed by atoms with van der Waals surface area (Å²) in [5.41, 5.74) is 0. The summed E-state index contributed by atoms with van der Waals surface area (Å²) in [6, 6.07) is 0. The molecule has 0 heterocycles. The van der Waals surface area contributed by atoms with Crippen LogP contribution >= 0.6 is 0 Å². The van der Waals surface area contributed by atoms with E-state index in [1.165, 1.54) is 141 Å². The minimum atomic E-state index is 0.288. The molecule has 0 amide bonds. The largest absolute Gasteiger partial charge is 0.395 e. The summed E-state index contributed by atoms with van der Waals surface area (Å²) in [6.07, 6.45) is 31.7. The van der Waals surface area contributed by atoms with E-state index in [0.717, 1.165) is 13.1 Å². The number of likely N-dealkylation sites (N-methyl/N-ethyl adjacent to an activating group) is 1. The van der Waals surface area contributed by atoms with Crippen molar-refractivity contribution in [3.8, 4) is 0 Å². The molecule has 0 fully saturated rings. The zero-order valence-corrected chi connectivity index (χ0v) is 20.6. The molecule has 0 aromatic rings. The number of aliphatic hydroxyl groups is 1. The van der Waals surface area contributed by atoms with Crippen molar-refractivity contribution in [3.63, 3.8) is 0 Å². The Morgan fingerprint density at radius 1 is 0.414 bits per heavy atom. The molecule has 0 saturated carbocycles. The molecule has 0 bridgehead atoms. The molecule has 1 N–H and O–H groups in total. The van der Waals surface area contributed by atoms with Gasteiger partial charge in [0, 0.05) is 6.54 Å². The molecule has 0 rings (SSSR count). The van der Waals surface area contributed by atoms with Gasteiger partial charge in [-0.3, -0.25) is 0 Å². The van der Waals surface area contributed by atoms with Crippen LogP contribution in [-0.4, -0.2) is 36.8 Å². The summed E-state index contributed by atoms with van der Waals surface area (Å²) in [7, 11) is 2.10. The van der Waals surface area contributed by atoms with E-state index in [2.05, 4.69) is 18.9 Å². The zero-order valence-electron chi connectivity index (χ0n) is 20.6. The van der Waals surface area contributed by atoms with E-state index in [9.17, 15) is 0 Å². The van der Waals surface area contributed by atoms with Crippen LogP contribution in [0.3, 0.4) is 0 Å². The molecule has 0 aliphatic rings. The molecule has 0 spiro atoms. The van der Waals surface area contributed by atoms with E-state index in [-0.39, 0.29) is 6.61 Å². The molecule has 2 nitrogen and oxygen atoms in total. The van der Waals surface area contributed by atoms with Gasteiger partial charge in [0.15, 0.2) is 0 Å². The maximum atomic E-state index is 8.87. The quantitative estimate of drug-likeness (QED) is 0.152. The lowest BCUT2D eigenvalue weighted by atomic mass is 10.0. The van der Waals surface area contributed by atoms with E-state index in [0.29, 0.717) is 0 Å². The topological polar surface area (TPSA) is 23.5 Å². The van der Waals surface area contributed by atoms with Crippen LogP contribution in [0, 0.1) is 0 Å². The monoisotopic (exact) mass is 411 g/mol. The van der Waals surface area contributed by atoms with Crippen molar-refractivity contribution < 1.29 is 5.11 Å². The van der Waals surface area contributed by atoms with Crippen molar-refractivity contribution in [2.45, 2.75) is 148 Å². The second-order valence-electron chi connectivity index (χ2n) is 9.45. The van der Waals surface area contributed by atoms with Crippen LogP contribution in [0.15, 0.2) is 0 Å². The summed E-state index contributed by atoms with van der Waals surface area (Å²) in [6.45, 7) is 4.54. The summed E-state index contributed by atoms with van der Waals surface area (Å²) in [4.78, 5) is 2.23. The second-order valence-corrected chi connectivity index (χ2v) is 9.45. The highest BCUT2D eigenvalue weighted by atomic mass is 16.3. The number of hydrogen-bond donors (Lipinski definition) is 1. The minimum absolute atomic E-state index is 0.288. The predicted molar refractivity (Wildman–Crippen MR) is 132 cm³/mol.